The van der Waals surface area contributed by atoms with Crippen molar-refractivity contribution in [1.29, 1.82) is 0 Å². The van der Waals surface area contributed by atoms with Crippen LogP contribution in [0.4, 0.5) is 16.0 Å². The highest BCUT2D eigenvalue weighted by Gasteiger charge is 2.23. The number of benzene rings is 2. The number of anilines is 2. The molecule has 0 bridgehead atoms. The molecule has 0 saturated carbocycles. The average molecular weight is 535 g/mol. The lowest BCUT2D eigenvalue weighted by Gasteiger charge is -2.30. The van der Waals surface area contributed by atoms with Crippen LogP contribution in [0.2, 0.25) is 0 Å². The Balaban J connectivity index is 1.21. The minimum atomic E-state index is -1.02. The highest BCUT2D eigenvalue weighted by atomic mass is 19.1. The van der Waals surface area contributed by atoms with Crippen molar-refractivity contribution in [1.82, 2.24) is 29.9 Å². The summed E-state index contributed by atoms with van der Waals surface area (Å²) in [6.45, 7) is 3.90. The lowest BCUT2D eigenvalue weighted by Crippen LogP contribution is -2.35. The zero-order valence-electron chi connectivity index (χ0n) is 21.4. The molecule has 1 unspecified atom stereocenters. The molecule has 0 aliphatic carbocycles. The number of nitrogens with two attached hydrogens (primary N) is 1. The fraction of sp³-hybridized carbons (Fsp3) is 0.370. The molecule has 1 aliphatic heterocycles. The van der Waals surface area contributed by atoms with E-state index in [2.05, 4.69) is 30.5 Å². The highest BCUT2D eigenvalue weighted by molar-refractivity contribution is 5.91. The van der Waals surface area contributed by atoms with E-state index in [1.54, 1.807) is 6.07 Å². The minimum Gasteiger partial charge on any atom is -0.493 e. The van der Waals surface area contributed by atoms with Gasteiger partial charge < -0.3 is 25.8 Å². The summed E-state index contributed by atoms with van der Waals surface area (Å²) in [7, 11) is 0. The van der Waals surface area contributed by atoms with Crippen molar-refractivity contribution in [3.8, 4) is 5.75 Å². The number of aromatic nitrogens is 5. The molecular weight excluding hydrogens is 503 g/mol. The van der Waals surface area contributed by atoms with Gasteiger partial charge in [-0.3, -0.25) is 4.79 Å². The Morgan fingerprint density at radius 2 is 2.05 bits per heavy atom. The van der Waals surface area contributed by atoms with Crippen LogP contribution in [-0.4, -0.2) is 73.7 Å². The number of primary amides is 1. The van der Waals surface area contributed by atoms with Crippen LogP contribution in [0, 0.1) is 11.7 Å². The molecule has 1 saturated heterocycles. The van der Waals surface area contributed by atoms with Crippen LogP contribution in [-0.2, 0) is 4.79 Å². The molecule has 12 heteroatoms. The number of hydrogen-bond acceptors (Lipinski definition) is 9. The average Bonchev–Trinajstić information content (AvgIpc) is 3.39. The molecule has 3 heterocycles. The van der Waals surface area contributed by atoms with E-state index in [1.807, 2.05) is 18.2 Å². The normalized spacial score (nSPS) is 15.3. The summed E-state index contributed by atoms with van der Waals surface area (Å²) in [5.41, 5.74) is 6.64. The molecule has 1 amide bonds. The van der Waals surface area contributed by atoms with E-state index in [0.29, 0.717) is 35.2 Å². The van der Waals surface area contributed by atoms with Gasteiger partial charge in [0.1, 0.15) is 23.7 Å². The molecule has 4 aromatic rings. The third-order valence-corrected chi connectivity index (χ3v) is 6.92. The van der Waals surface area contributed by atoms with Crippen LogP contribution in [0.1, 0.15) is 30.9 Å². The van der Waals surface area contributed by atoms with Gasteiger partial charge in [0.05, 0.1) is 18.3 Å². The number of carbonyl (C=O) groups is 1. The third kappa shape index (κ3) is 6.47. The van der Waals surface area contributed by atoms with Crippen molar-refractivity contribution in [3.05, 3.63) is 66.4 Å². The number of fused-ring (bicyclic) bond motifs is 1. The van der Waals surface area contributed by atoms with Crippen LogP contribution in [0.3, 0.4) is 0 Å². The minimum absolute atomic E-state index is 0.284. The second-order valence-electron chi connectivity index (χ2n) is 9.64. The lowest BCUT2D eigenvalue weighted by atomic mass is 9.98. The van der Waals surface area contributed by atoms with Gasteiger partial charge in [0.2, 0.25) is 5.91 Å². The van der Waals surface area contributed by atoms with Gasteiger partial charge in [0.25, 0.3) is 0 Å². The molecule has 11 nitrogen and oxygen atoms in total. The monoisotopic (exact) mass is 534 g/mol. The predicted molar refractivity (Wildman–Crippen MR) is 143 cm³/mol. The first kappa shape index (κ1) is 26.4. The molecule has 39 heavy (non-hydrogen) atoms. The van der Waals surface area contributed by atoms with Gasteiger partial charge in [-0.15, -0.1) is 5.10 Å². The second kappa shape index (κ2) is 12.1. The number of aliphatic hydroxyl groups is 1. The predicted octanol–water partition coefficient (Wildman–Crippen LogP) is 2.65. The Morgan fingerprint density at radius 1 is 1.21 bits per heavy atom. The maximum atomic E-state index is 13.7. The summed E-state index contributed by atoms with van der Waals surface area (Å²) >= 11 is 0. The van der Waals surface area contributed by atoms with Gasteiger partial charge in [-0.25, -0.2) is 19.0 Å². The first-order valence-corrected chi connectivity index (χ1v) is 12.9. The summed E-state index contributed by atoms with van der Waals surface area (Å²) in [6.07, 6.45) is 5.96. The maximum absolute atomic E-state index is 13.7. The quantitative estimate of drug-likeness (QED) is 0.247. The van der Waals surface area contributed by atoms with Crippen LogP contribution in [0.25, 0.3) is 10.9 Å². The zero-order valence-corrected chi connectivity index (χ0v) is 21.4. The number of piperidine rings is 1. The molecule has 0 spiro atoms. The summed E-state index contributed by atoms with van der Waals surface area (Å²) < 4.78 is 21.0. The number of aliphatic hydroxyl groups excluding tert-OH is 1. The van der Waals surface area contributed by atoms with E-state index >= 15 is 0 Å². The molecule has 1 aliphatic rings. The van der Waals surface area contributed by atoms with E-state index in [9.17, 15) is 14.3 Å². The van der Waals surface area contributed by atoms with E-state index in [0.717, 1.165) is 50.0 Å². The lowest BCUT2D eigenvalue weighted by molar-refractivity contribution is -0.120. The largest absolute Gasteiger partial charge is 0.493 e. The third-order valence-electron chi connectivity index (χ3n) is 6.92. The number of hydrogen-bond donors (Lipinski definition) is 3. The Hall–Kier alpha value is -4.16. The van der Waals surface area contributed by atoms with Crippen molar-refractivity contribution >= 4 is 28.4 Å². The Bertz CT molecular complexity index is 1420. The Labute approximate surface area is 224 Å². The van der Waals surface area contributed by atoms with E-state index < -0.39 is 17.8 Å². The van der Waals surface area contributed by atoms with Gasteiger partial charge in [0, 0.05) is 24.6 Å². The van der Waals surface area contributed by atoms with E-state index in [1.165, 1.54) is 35.4 Å². The number of carbonyl (C=O) groups excluding carboxylic acids is 1. The molecule has 1 atom stereocenters. The topological polar surface area (TPSA) is 144 Å². The number of nitrogens with one attached hydrogen (secondary N) is 1. The Morgan fingerprint density at radius 3 is 2.82 bits per heavy atom. The van der Waals surface area contributed by atoms with E-state index in [4.69, 9.17) is 10.5 Å². The van der Waals surface area contributed by atoms with Crippen molar-refractivity contribution in [2.45, 2.75) is 25.3 Å². The van der Waals surface area contributed by atoms with Crippen LogP contribution in [0.15, 0.2) is 55.0 Å². The van der Waals surface area contributed by atoms with Crippen molar-refractivity contribution < 1.29 is 19.0 Å². The van der Waals surface area contributed by atoms with Crippen LogP contribution >= 0.6 is 0 Å². The van der Waals surface area contributed by atoms with Crippen molar-refractivity contribution in [2.24, 2.45) is 11.7 Å². The number of ether oxygens (including phenoxy) is 1. The summed E-state index contributed by atoms with van der Waals surface area (Å²) in [5, 5.41) is 21.2. The number of likely N-dealkylation sites (tertiary alicyclic amines) is 1. The number of amides is 1. The summed E-state index contributed by atoms with van der Waals surface area (Å²) in [5.74, 6) is 0.828. The molecule has 5 rings (SSSR count). The van der Waals surface area contributed by atoms with Crippen LogP contribution in [0.5, 0.6) is 5.75 Å². The van der Waals surface area contributed by atoms with Gasteiger partial charge >= 0.3 is 0 Å². The van der Waals surface area contributed by atoms with Gasteiger partial charge in [0.15, 0.2) is 11.9 Å². The summed E-state index contributed by atoms with van der Waals surface area (Å²) in [4.78, 5) is 23.2. The van der Waals surface area contributed by atoms with Crippen molar-refractivity contribution in [3.63, 3.8) is 0 Å². The van der Waals surface area contributed by atoms with Gasteiger partial charge in [-0.1, -0.05) is 17.3 Å². The number of halogens is 1. The second-order valence-corrected chi connectivity index (χ2v) is 9.64. The molecule has 0 radical (unpaired) electrons. The standard InChI is InChI=1S/C27H31FN8O3/c28-20-4-1-3-19(13-20)25(26(29)38)36-15-24(33-34-36)32-27-22-6-5-21(14-23(22)30-17-31-27)39-12-2-9-35-10-7-18(16-37)8-11-35/h1,3-6,13-15,17-18,25,37H,2,7-12,16H2,(H2,29,38)(H,30,31,32). The SMILES string of the molecule is NC(=O)C(c1cccc(F)c1)n1cc(Nc2ncnc3cc(OCCCN4CCC(CO)CC4)ccc23)nn1. The fourth-order valence-corrected chi connectivity index (χ4v) is 4.80. The summed E-state index contributed by atoms with van der Waals surface area (Å²) in [6, 6.07) is 10.2. The zero-order chi connectivity index (χ0) is 27.2. The molecule has 4 N–H and O–H groups in total. The molecule has 2 aromatic carbocycles. The van der Waals surface area contributed by atoms with Crippen LogP contribution < -0.4 is 15.8 Å². The maximum Gasteiger partial charge on any atom is 0.246 e. The molecule has 2 aromatic heterocycles. The number of nitrogens with zero attached hydrogens (tertiary/aromatic N) is 6. The smallest absolute Gasteiger partial charge is 0.246 e. The van der Waals surface area contributed by atoms with Crippen molar-refractivity contribution in [2.75, 3.05) is 38.2 Å². The first-order chi connectivity index (χ1) is 19.0. The first-order valence-electron chi connectivity index (χ1n) is 12.9. The molecule has 1 fully saturated rings. The molecule has 204 valence electrons. The van der Waals surface area contributed by atoms with Gasteiger partial charge in [-0.05, 0) is 68.1 Å². The Kier molecular flexibility index (Phi) is 8.23. The number of rotatable bonds is 11. The molecular formula is C27H31FN8O3. The highest BCUT2D eigenvalue weighted by Crippen LogP contribution is 2.27. The van der Waals surface area contributed by atoms with E-state index in [-0.39, 0.29) is 6.61 Å². The fourth-order valence-electron chi connectivity index (χ4n) is 4.80. The van der Waals surface area contributed by atoms with Gasteiger partial charge in [-0.2, -0.15) is 0 Å².